The van der Waals surface area contributed by atoms with E-state index in [2.05, 4.69) is 0 Å². The highest BCUT2D eigenvalue weighted by molar-refractivity contribution is 8.03. The highest BCUT2D eigenvalue weighted by atomic mass is 32.2. The van der Waals surface area contributed by atoms with E-state index in [1.54, 1.807) is 6.92 Å². The average molecular weight is 338 g/mol. The molecule has 0 spiro atoms. The van der Waals surface area contributed by atoms with Crippen molar-refractivity contribution in [1.82, 2.24) is 0 Å². The zero-order chi connectivity index (χ0) is 16.4. The van der Waals surface area contributed by atoms with Crippen LogP contribution in [0.3, 0.4) is 0 Å². The Labute approximate surface area is 132 Å². The van der Waals surface area contributed by atoms with Gasteiger partial charge in [-0.1, -0.05) is 11.8 Å². The van der Waals surface area contributed by atoms with Crippen LogP contribution in [0.5, 0.6) is 0 Å². The second-order valence-electron chi connectivity index (χ2n) is 5.31. The fraction of sp³-hybridized carbons (Fsp3) is 0.846. The smallest absolute Gasteiger partial charge is 0.186 e. The third kappa shape index (κ3) is 3.57. The minimum atomic E-state index is -1.22. The molecule has 5 N–H and O–H groups in total. The first-order valence-corrected chi connectivity index (χ1v) is 7.83. The molecule has 0 aliphatic carbocycles. The van der Waals surface area contributed by atoms with Gasteiger partial charge in [-0.2, -0.15) is 0 Å². The van der Waals surface area contributed by atoms with Crippen molar-refractivity contribution in [2.75, 3.05) is 13.7 Å². The molecule has 8 nitrogen and oxygen atoms in total. The van der Waals surface area contributed by atoms with Crippen molar-refractivity contribution in [3.05, 3.63) is 11.2 Å². The highest BCUT2D eigenvalue weighted by Crippen LogP contribution is 2.37. The zero-order valence-corrected chi connectivity index (χ0v) is 13.1. The van der Waals surface area contributed by atoms with Gasteiger partial charge in [0.15, 0.2) is 17.5 Å². The fourth-order valence-electron chi connectivity index (χ4n) is 2.43. The second-order valence-corrected chi connectivity index (χ2v) is 6.50. The standard InChI is InChI=1S/C13H22O8S/c1-5-12(10(17)11(18)13(19-2)20-5)22-8-3-6(15)9(16)7(4-14)21-8/h3,5-7,9-18H,4H2,1-2H3. The Morgan fingerprint density at radius 3 is 2.45 bits per heavy atom. The molecule has 0 radical (unpaired) electrons. The number of thioether (sulfide) groups is 1. The number of aliphatic hydroxyl groups is 5. The van der Waals surface area contributed by atoms with E-state index in [1.807, 2.05) is 0 Å². The molecule has 0 saturated carbocycles. The molecule has 2 heterocycles. The number of rotatable bonds is 4. The molecule has 2 aliphatic heterocycles. The van der Waals surface area contributed by atoms with E-state index in [1.165, 1.54) is 13.2 Å². The minimum absolute atomic E-state index is 0.249. The van der Waals surface area contributed by atoms with Crippen LogP contribution in [0.15, 0.2) is 11.2 Å². The Hall–Kier alpha value is -0.390. The van der Waals surface area contributed by atoms with E-state index in [0.29, 0.717) is 0 Å². The molecule has 2 rings (SSSR count). The van der Waals surface area contributed by atoms with Crippen molar-refractivity contribution in [2.45, 2.75) is 55.1 Å². The van der Waals surface area contributed by atoms with Crippen LogP contribution in [0.1, 0.15) is 6.92 Å². The number of methoxy groups -OCH3 is 1. The lowest BCUT2D eigenvalue weighted by molar-refractivity contribution is -0.251. The fourth-order valence-corrected chi connectivity index (χ4v) is 3.65. The van der Waals surface area contributed by atoms with Crippen molar-refractivity contribution in [2.24, 2.45) is 0 Å². The monoisotopic (exact) mass is 338 g/mol. The maximum atomic E-state index is 10.2. The lowest BCUT2D eigenvalue weighted by Crippen LogP contribution is -2.56. The molecular formula is C13H22O8S. The Balaban J connectivity index is 2.08. The van der Waals surface area contributed by atoms with Crippen LogP contribution < -0.4 is 0 Å². The van der Waals surface area contributed by atoms with Gasteiger partial charge in [0.2, 0.25) is 0 Å². The first kappa shape index (κ1) is 18.0. The van der Waals surface area contributed by atoms with Crippen molar-refractivity contribution in [3.63, 3.8) is 0 Å². The van der Waals surface area contributed by atoms with Crippen LogP contribution in [-0.2, 0) is 14.2 Å². The molecule has 22 heavy (non-hydrogen) atoms. The summed E-state index contributed by atoms with van der Waals surface area (Å²) in [6.07, 6.45) is -5.75. The van der Waals surface area contributed by atoms with Crippen LogP contribution in [-0.4, -0.2) is 87.4 Å². The van der Waals surface area contributed by atoms with Gasteiger partial charge in [0.25, 0.3) is 0 Å². The summed E-state index contributed by atoms with van der Waals surface area (Å²) in [6.45, 7) is 1.26. The third-order valence-corrected chi connectivity index (χ3v) is 5.15. The van der Waals surface area contributed by atoms with Gasteiger partial charge in [0.05, 0.1) is 24.1 Å². The Bertz CT molecular complexity index is 406. The van der Waals surface area contributed by atoms with Gasteiger partial charge in [-0.15, -0.1) is 0 Å². The highest BCUT2D eigenvalue weighted by Gasteiger charge is 2.44. The summed E-state index contributed by atoms with van der Waals surface area (Å²) in [5, 5.41) is 48.4. The van der Waals surface area contributed by atoms with Gasteiger partial charge in [0.1, 0.15) is 18.3 Å². The molecule has 8 unspecified atom stereocenters. The molecule has 0 aromatic carbocycles. The Morgan fingerprint density at radius 1 is 1.18 bits per heavy atom. The Morgan fingerprint density at radius 2 is 1.86 bits per heavy atom. The lowest BCUT2D eigenvalue weighted by atomic mass is 10.0. The van der Waals surface area contributed by atoms with Gasteiger partial charge >= 0.3 is 0 Å². The summed E-state index contributed by atoms with van der Waals surface area (Å²) >= 11 is 1.06. The summed E-state index contributed by atoms with van der Waals surface area (Å²) in [6, 6.07) is 0. The lowest BCUT2D eigenvalue weighted by Gasteiger charge is -2.41. The number of hydrogen-bond acceptors (Lipinski definition) is 9. The predicted molar refractivity (Wildman–Crippen MR) is 76.8 cm³/mol. The largest absolute Gasteiger partial charge is 0.479 e. The summed E-state index contributed by atoms with van der Waals surface area (Å²) in [5.74, 6) is 0. The summed E-state index contributed by atoms with van der Waals surface area (Å²) in [5.41, 5.74) is 0. The maximum Gasteiger partial charge on any atom is 0.186 e. The predicted octanol–water partition coefficient (Wildman–Crippen LogP) is -1.84. The van der Waals surface area contributed by atoms with Gasteiger partial charge in [-0.3, -0.25) is 0 Å². The summed E-state index contributed by atoms with van der Waals surface area (Å²) in [4.78, 5) is 0. The molecule has 0 aromatic heterocycles. The van der Waals surface area contributed by atoms with Gasteiger partial charge in [-0.25, -0.2) is 0 Å². The average Bonchev–Trinajstić information content (AvgIpc) is 2.50. The van der Waals surface area contributed by atoms with E-state index < -0.39 is 54.8 Å². The number of ether oxygens (including phenoxy) is 3. The maximum absolute atomic E-state index is 10.2. The first-order chi connectivity index (χ1) is 10.4. The van der Waals surface area contributed by atoms with E-state index >= 15 is 0 Å². The molecule has 2 aliphatic rings. The normalized spacial score (nSPS) is 46.0. The van der Waals surface area contributed by atoms with Crippen LogP contribution in [0.25, 0.3) is 0 Å². The molecular weight excluding hydrogens is 316 g/mol. The van der Waals surface area contributed by atoms with Crippen LogP contribution in [0.4, 0.5) is 0 Å². The number of hydrogen-bond donors (Lipinski definition) is 5. The molecule has 1 fully saturated rings. The summed E-state index contributed by atoms with van der Waals surface area (Å²) in [7, 11) is 1.37. The van der Waals surface area contributed by atoms with Crippen molar-refractivity contribution >= 4 is 11.8 Å². The summed E-state index contributed by atoms with van der Waals surface area (Å²) < 4.78 is 15.8. The quantitative estimate of drug-likeness (QED) is 0.401. The van der Waals surface area contributed by atoms with E-state index in [4.69, 9.17) is 19.3 Å². The van der Waals surface area contributed by atoms with Crippen molar-refractivity contribution < 1.29 is 39.7 Å². The molecule has 1 saturated heterocycles. The molecule has 0 bridgehead atoms. The van der Waals surface area contributed by atoms with E-state index in [0.717, 1.165) is 11.8 Å². The van der Waals surface area contributed by atoms with Crippen LogP contribution >= 0.6 is 11.8 Å². The molecule has 0 aromatic rings. The van der Waals surface area contributed by atoms with Gasteiger partial charge < -0.3 is 39.7 Å². The van der Waals surface area contributed by atoms with Crippen molar-refractivity contribution in [3.8, 4) is 0 Å². The van der Waals surface area contributed by atoms with E-state index in [-0.39, 0.29) is 5.09 Å². The second kappa shape index (κ2) is 7.45. The minimum Gasteiger partial charge on any atom is -0.479 e. The molecule has 0 amide bonds. The van der Waals surface area contributed by atoms with Gasteiger partial charge in [0, 0.05) is 7.11 Å². The zero-order valence-electron chi connectivity index (χ0n) is 12.3. The SMILES string of the molecule is COC1OC(C)C(SC2=CC(O)C(O)C(CO)O2)C(O)C1O. The molecule has 8 atom stereocenters. The topological polar surface area (TPSA) is 129 Å². The van der Waals surface area contributed by atoms with E-state index in [9.17, 15) is 20.4 Å². The molecule has 9 heteroatoms. The Kier molecular flexibility index (Phi) is 6.08. The first-order valence-electron chi connectivity index (χ1n) is 6.95. The molecule has 128 valence electrons. The van der Waals surface area contributed by atoms with Gasteiger partial charge in [-0.05, 0) is 13.0 Å². The number of aliphatic hydroxyl groups excluding tert-OH is 5. The third-order valence-electron chi connectivity index (χ3n) is 3.75. The van der Waals surface area contributed by atoms with Crippen LogP contribution in [0.2, 0.25) is 0 Å². The van der Waals surface area contributed by atoms with Crippen LogP contribution in [0, 0.1) is 0 Å². The van der Waals surface area contributed by atoms with Crippen molar-refractivity contribution in [1.29, 1.82) is 0 Å².